The molecular weight excluding hydrogens is 355 g/mol. The lowest BCUT2D eigenvalue weighted by atomic mass is 10.2. The number of amides is 1. The fraction of sp³-hybridized carbons (Fsp3) is 0.105. The molecule has 5 nitrogen and oxygen atoms in total. The average Bonchev–Trinajstić information content (AvgIpc) is 3.09. The molecule has 0 aliphatic heterocycles. The van der Waals surface area contributed by atoms with Gasteiger partial charge in [0.25, 0.3) is 0 Å². The highest BCUT2D eigenvalue weighted by atomic mass is 32.1. The number of esters is 1. The summed E-state index contributed by atoms with van der Waals surface area (Å²) in [7, 11) is 1.30. The Kier molecular flexibility index (Phi) is 5.38. The topological polar surface area (TPSA) is 68.3 Å². The molecule has 0 fully saturated rings. The molecule has 0 aliphatic carbocycles. The maximum Gasteiger partial charge on any atom is 0.337 e. The van der Waals surface area contributed by atoms with Crippen molar-refractivity contribution >= 4 is 28.9 Å². The lowest BCUT2D eigenvalue weighted by Crippen LogP contribution is -2.15. The third-order valence-electron chi connectivity index (χ3n) is 3.53. The first-order valence-electron chi connectivity index (χ1n) is 7.74. The minimum atomic E-state index is -0.472. The molecule has 3 aromatic rings. The monoisotopic (exact) mass is 370 g/mol. The zero-order valence-corrected chi connectivity index (χ0v) is 14.7. The normalized spacial score (nSPS) is 10.4. The van der Waals surface area contributed by atoms with Crippen LogP contribution in [0.5, 0.6) is 0 Å². The highest BCUT2D eigenvalue weighted by Gasteiger charge is 2.11. The number of halogens is 1. The number of nitrogens with one attached hydrogen (secondary N) is 1. The molecular formula is C19H15FN2O3S. The predicted molar refractivity (Wildman–Crippen MR) is 97.6 cm³/mol. The number of methoxy groups -OCH3 is 1. The average molecular weight is 370 g/mol. The van der Waals surface area contributed by atoms with Gasteiger partial charge in [-0.2, -0.15) is 0 Å². The third-order valence-corrected chi connectivity index (χ3v) is 4.47. The summed E-state index contributed by atoms with van der Waals surface area (Å²) in [5.41, 5.74) is 2.12. The Balaban J connectivity index is 1.67. The van der Waals surface area contributed by atoms with Crippen LogP contribution in [0, 0.1) is 5.82 Å². The molecule has 0 spiro atoms. The number of ether oxygens (including phenoxy) is 1. The van der Waals surface area contributed by atoms with Gasteiger partial charge in [0.1, 0.15) is 10.8 Å². The number of carbonyl (C=O) groups is 2. The van der Waals surface area contributed by atoms with Crippen molar-refractivity contribution in [1.29, 1.82) is 0 Å². The van der Waals surface area contributed by atoms with E-state index in [-0.39, 0.29) is 18.1 Å². The van der Waals surface area contributed by atoms with E-state index in [4.69, 9.17) is 0 Å². The van der Waals surface area contributed by atoms with Crippen molar-refractivity contribution in [2.75, 3.05) is 12.4 Å². The van der Waals surface area contributed by atoms with Crippen LogP contribution in [-0.4, -0.2) is 24.0 Å². The first kappa shape index (κ1) is 17.8. The molecule has 1 N–H and O–H groups in total. The van der Waals surface area contributed by atoms with Crippen molar-refractivity contribution in [3.8, 4) is 10.6 Å². The van der Waals surface area contributed by atoms with Gasteiger partial charge in [-0.05, 0) is 30.3 Å². The number of anilines is 1. The molecule has 1 heterocycles. The Hall–Kier alpha value is -3.06. The molecule has 1 amide bonds. The number of thiazole rings is 1. The lowest BCUT2D eigenvalue weighted by Gasteiger charge is -2.06. The number of rotatable bonds is 5. The van der Waals surface area contributed by atoms with E-state index in [1.54, 1.807) is 41.8 Å². The standard InChI is InChI=1S/C19H15FN2O3S/c1-25-19(24)13-5-3-7-15(9-13)21-17(23)10-16-11-26-18(22-16)12-4-2-6-14(20)8-12/h2-9,11H,10H2,1H3,(H,21,23). The van der Waals surface area contributed by atoms with Crippen LogP contribution >= 0.6 is 11.3 Å². The van der Waals surface area contributed by atoms with Gasteiger partial charge in [-0.15, -0.1) is 11.3 Å². The third kappa shape index (κ3) is 4.31. The molecule has 2 aromatic carbocycles. The molecule has 3 rings (SSSR count). The van der Waals surface area contributed by atoms with Gasteiger partial charge in [0.15, 0.2) is 0 Å². The number of benzene rings is 2. The van der Waals surface area contributed by atoms with Crippen LogP contribution in [0.2, 0.25) is 0 Å². The number of hydrogen-bond donors (Lipinski definition) is 1. The molecule has 0 saturated carbocycles. The first-order chi connectivity index (χ1) is 12.5. The van der Waals surface area contributed by atoms with Gasteiger partial charge in [0, 0.05) is 16.6 Å². The van der Waals surface area contributed by atoms with Crippen LogP contribution in [0.4, 0.5) is 10.1 Å². The van der Waals surface area contributed by atoms with Crippen LogP contribution in [0.3, 0.4) is 0 Å². The van der Waals surface area contributed by atoms with E-state index < -0.39 is 5.97 Å². The summed E-state index contributed by atoms with van der Waals surface area (Å²) < 4.78 is 18.0. The highest BCUT2D eigenvalue weighted by Crippen LogP contribution is 2.24. The van der Waals surface area contributed by atoms with Gasteiger partial charge >= 0.3 is 5.97 Å². The quantitative estimate of drug-likeness (QED) is 0.691. The molecule has 0 radical (unpaired) electrons. The maximum absolute atomic E-state index is 13.3. The van der Waals surface area contributed by atoms with E-state index in [2.05, 4.69) is 15.0 Å². The Morgan fingerprint density at radius 2 is 2.00 bits per heavy atom. The summed E-state index contributed by atoms with van der Waals surface area (Å²) in [5.74, 6) is -1.06. The van der Waals surface area contributed by atoms with Crippen molar-refractivity contribution in [1.82, 2.24) is 4.98 Å². The van der Waals surface area contributed by atoms with Crippen LogP contribution in [-0.2, 0) is 16.0 Å². The molecule has 26 heavy (non-hydrogen) atoms. The SMILES string of the molecule is COC(=O)c1cccc(NC(=O)Cc2csc(-c3cccc(F)c3)n2)c1. The number of nitrogens with zero attached hydrogens (tertiary/aromatic N) is 1. The first-order valence-corrected chi connectivity index (χ1v) is 8.61. The summed E-state index contributed by atoms with van der Waals surface area (Å²) in [6.07, 6.45) is 0.0776. The lowest BCUT2D eigenvalue weighted by molar-refractivity contribution is -0.115. The predicted octanol–water partition coefficient (Wildman–Crippen LogP) is 3.92. The zero-order chi connectivity index (χ0) is 18.5. The molecule has 0 saturated heterocycles. The number of hydrogen-bond acceptors (Lipinski definition) is 5. The number of carbonyl (C=O) groups excluding carboxylic acids is 2. The van der Waals surface area contributed by atoms with E-state index in [1.807, 2.05) is 0 Å². The van der Waals surface area contributed by atoms with E-state index in [1.165, 1.54) is 30.6 Å². The molecule has 132 valence electrons. The van der Waals surface area contributed by atoms with Crippen LogP contribution < -0.4 is 5.32 Å². The zero-order valence-electron chi connectivity index (χ0n) is 13.9. The van der Waals surface area contributed by atoms with Gasteiger partial charge in [-0.1, -0.05) is 18.2 Å². The van der Waals surface area contributed by atoms with E-state index in [0.717, 1.165) is 0 Å². The van der Waals surface area contributed by atoms with Crippen molar-refractivity contribution in [3.05, 3.63) is 71.0 Å². The Bertz CT molecular complexity index is 955. The molecule has 7 heteroatoms. The van der Waals surface area contributed by atoms with Crippen LogP contribution in [0.1, 0.15) is 16.1 Å². The second-order valence-electron chi connectivity index (χ2n) is 5.45. The summed E-state index contributed by atoms with van der Waals surface area (Å²) in [6, 6.07) is 12.7. The fourth-order valence-electron chi connectivity index (χ4n) is 2.35. The fourth-order valence-corrected chi connectivity index (χ4v) is 3.17. The van der Waals surface area contributed by atoms with Crippen molar-refractivity contribution in [2.24, 2.45) is 0 Å². The van der Waals surface area contributed by atoms with Gasteiger partial charge in [-0.25, -0.2) is 14.2 Å². The molecule has 0 unspecified atom stereocenters. The molecule has 0 aliphatic rings. The van der Waals surface area contributed by atoms with E-state index in [9.17, 15) is 14.0 Å². The van der Waals surface area contributed by atoms with E-state index in [0.29, 0.717) is 27.5 Å². The summed E-state index contributed by atoms with van der Waals surface area (Å²) >= 11 is 1.35. The second kappa shape index (κ2) is 7.88. The van der Waals surface area contributed by atoms with Crippen LogP contribution in [0.15, 0.2) is 53.9 Å². The Morgan fingerprint density at radius 1 is 1.19 bits per heavy atom. The summed E-state index contributed by atoms with van der Waals surface area (Å²) in [5, 5.41) is 5.15. The van der Waals surface area contributed by atoms with E-state index >= 15 is 0 Å². The van der Waals surface area contributed by atoms with Gasteiger partial charge in [-0.3, -0.25) is 4.79 Å². The van der Waals surface area contributed by atoms with Crippen molar-refractivity contribution in [2.45, 2.75) is 6.42 Å². The minimum absolute atomic E-state index is 0.0776. The molecule has 0 atom stereocenters. The maximum atomic E-state index is 13.3. The Morgan fingerprint density at radius 3 is 2.77 bits per heavy atom. The Labute approximate surface area is 153 Å². The molecule has 1 aromatic heterocycles. The van der Waals surface area contributed by atoms with Gasteiger partial charge < -0.3 is 10.1 Å². The highest BCUT2D eigenvalue weighted by molar-refractivity contribution is 7.13. The summed E-state index contributed by atoms with van der Waals surface area (Å²) in [6.45, 7) is 0. The number of aromatic nitrogens is 1. The van der Waals surface area contributed by atoms with Crippen LogP contribution in [0.25, 0.3) is 10.6 Å². The van der Waals surface area contributed by atoms with Crippen molar-refractivity contribution < 1.29 is 18.7 Å². The van der Waals surface area contributed by atoms with Gasteiger partial charge in [0.05, 0.1) is 24.8 Å². The smallest absolute Gasteiger partial charge is 0.337 e. The second-order valence-corrected chi connectivity index (χ2v) is 6.31. The summed E-state index contributed by atoms with van der Waals surface area (Å²) in [4.78, 5) is 28.1. The minimum Gasteiger partial charge on any atom is -0.465 e. The molecule has 0 bridgehead atoms. The van der Waals surface area contributed by atoms with Gasteiger partial charge in [0.2, 0.25) is 5.91 Å². The largest absolute Gasteiger partial charge is 0.465 e. The van der Waals surface area contributed by atoms with Crippen molar-refractivity contribution in [3.63, 3.8) is 0 Å².